The van der Waals surface area contributed by atoms with Crippen LogP contribution in [-0.4, -0.2) is 0 Å². The van der Waals surface area contributed by atoms with Crippen LogP contribution in [-0.2, 0) is 6.42 Å². The van der Waals surface area contributed by atoms with Gasteiger partial charge in [-0.25, -0.2) is 4.39 Å². The van der Waals surface area contributed by atoms with Crippen molar-refractivity contribution < 1.29 is 4.39 Å². The molecular weight excluding hydrogens is 207 g/mol. The van der Waals surface area contributed by atoms with E-state index in [1.165, 1.54) is 6.07 Å². The minimum Gasteiger partial charge on any atom is -0.206 e. The van der Waals surface area contributed by atoms with E-state index in [0.717, 1.165) is 22.0 Å². The van der Waals surface area contributed by atoms with Crippen LogP contribution in [0.15, 0.2) is 22.7 Å². The molecule has 11 heavy (non-hydrogen) atoms. The van der Waals surface area contributed by atoms with Crippen LogP contribution in [0.3, 0.4) is 0 Å². The van der Waals surface area contributed by atoms with Gasteiger partial charge < -0.3 is 0 Å². The highest BCUT2D eigenvalue weighted by molar-refractivity contribution is 9.10. The summed E-state index contributed by atoms with van der Waals surface area (Å²) in [7, 11) is 0. The van der Waals surface area contributed by atoms with E-state index in [9.17, 15) is 4.39 Å². The van der Waals surface area contributed by atoms with Crippen molar-refractivity contribution in [1.29, 1.82) is 0 Å². The van der Waals surface area contributed by atoms with Crippen molar-refractivity contribution in [2.75, 3.05) is 0 Å². The molecule has 56 valence electrons. The van der Waals surface area contributed by atoms with E-state index in [1.807, 2.05) is 12.2 Å². The number of hydrogen-bond acceptors (Lipinski definition) is 0. The summed E-state index contributed by atoms with van der Waals surface area (Å²) in [4.78, 5) is 0. The molecule has 0 atom stereocenters. The lowest BCUT2D eigenvalue weighted by atomic mass is 10.1. The van der Waals surface area contributed by atoms with Gasteiger partial charge in [0.25, 0.3) is 0 Å². The first kappa shape index (κ1) is 7.04. The van der Waals surface area contributed by atoms with Gasteiger partial charge in [-0.3, -0.25) is 0 Å². The minimum absolute atomic E-state index is 0.128. The maximum atomic E-state index is 13.0. The molecule has 1 aromatic carbocycles. The van der Waals surface area contributed by atoms with Crippen LogP contribution < -0.4 is 0 Å². The zero-order valence-electron chi connectivity index (χ0n) is 5.77. The summed E-state index contributed by atoms with van der Waals surface area (Å²) in [6, 6.07) is 3.24. The van der Waals surface area contributed by atoms with Gasteiger partial charge in [-0.05, 0) is 24.1 Å². The van der Waals surface area contributed by atoms with Crippen molar-refractivity contribution in [2.24, 2.45) is 0 Å². The van der Waals surface area contributed by atoms with Gasteiger partial charge in [0, 0.05) is 10.0 Å². The van der Waals surface area contributed by atoms with Crippen LogP contribution in [0.2, 0.25) is 0 Å². The van der Waals surface area contributed by atoms with Gasteiger partial charge in [-0.1, -0.05) is 28.1 Å². The van der Waals surface area contributed by atoms with Crippen LogP contribution in [0.4, 0.5) is 4.39 Å². The Kier molecular flexibility index (Phi) is 1.57. The predicted molar refractivity (Wildman–Crippen MR) is 46.8 cm³/mol. The summed E-state index contributed by atoms with van der Waals surface area (Å²) in [6.45, 7) is 0. The van der Waals surface area contributed by atoms with E-state index < -0.39 is 0 Å². The fourth-order valence-electron chi connectivity index (χ4n) is 1.29. The molecule has 0 bridgehead atoms. The van der Waals surface area contributed by atoms with Crippen LogP contribution in [0, 0.1) is 5.82 Å². The third kappa shape index (κ3) is 1.02. The van der Waals surface area contributed by atoms with Crippen molar-refractivity contribution in [3.8, 4) is 0 Å². The highest BCUT2D eigenvalue weighted by Gasteiger charge is 2.12. The molecule has 0 aromatic heterocycles. The molecule has 0 saturated heterocycles. The average Bonchev–Trinajstić information content (AvgIpc) is 2.45. The molecule has 0 saturated carbocycles. The number of halogens is 2. The molecule has 0 heterocycles. The molecule has 0 spiro atoms. The molecule has 1 aliphatic carbocycles. The number of rotatable bonds is 0. The largest absolute Gasteiger partial charge is 0.206 e. The summed E-state index contributed by atoms with van der Waals surface area (Å²) in [5.74, 6) is -0.128. The van der Waals surface area contributed by atoms with Gasteiger partial charge in [0.05, 0.1) is 0 Å². The van der Waals surface area contributed by atoms with E-state index >= 15 is 0 Å². The minimum atomic E-state index is -0.128. The first-order valence-electron chi connectivity index (χ1n) is 3.42. The van der Waals surface area contributed by atoms with Gasteiger partial charge in [0.2, 0.25) is 0 Å². The molecule has 0 fully saturated rings. The van der Waals surface area contributed by atoms with Crippen LogP contribution >= 0.6 is 15.9 Å². The normalized spacial score (nSPS) is 13.6. The maximum absolute atomic E-state index is 13.0. The zero-order chi connectivity index (χ0) is 7.84. The monoisotopic (exact) mass is 212 g/mol. The number of allylic oxidation sites excluding steroid dienone is 1. The van der Waals surface area contributed by atoms with Crippen molar-refractivity contribution in [3.05, 3.63) is 39.6 Å². The van der Waals surface area contributed by atoms with Gasteiger partial charge in [0.15, 0.2) is 0 Å². The lowest BCUT2D eigenvalue weighted by Gasteiger charge is -2.01. The number of hydrogen-bond donors (Lipinski definition) is 0. The third-order valence-corrected chi connectivity index (χ3v) is 2.60. The summed E-state index contributed by atoms with van der Waals surface area (Å²) in [5, 5.41) is 0. The van der Waals surface area contributed by atoms with Crippen LogP contribution in [0.25, 0.3) is 6.08 Å². The molecule has 1 aliphatic rings. The highest BCUT2D eigenvalue weighted by Crippen LogP contribution is 2.29. The Morgan fingerprint density at radius 3 is 2.91 bits per heavy atom. The SMILES string of the molecule is Fc1ccc(Br)c2c1C=CC2. The summed E-state index contributed by atoms with van der Waals surface area (Å²) in [6.07, 6.45) is 4.64. The standard InChI is InChI=1S/C9H6BrF/c10-8-4-5-9(11)7-3-1-2-6(7)8/h1,3-5H,2H2. The van der Waals surface area contributed by atoms with Crippen molar-refractivity contribution in [2.45, 2.75) is 6.42 Å². The molecule has 2 rings (SSSR count). The quantitative estimate of drug-likeness (QED) is 0.620. The van der Waals surface area contributed by atoms with Crippen molar-refractivity contribution in [1.82, 2.24) is 0 Å². The third-order valence-electron chi connectivity index (χ3n) is 1.85. The first-order chi connectivity index (χ1) is 5.29. The molecule has 0 N–H and O–H groups in total. The number of benzene rings is 1. The number of fused-ring (bicyclic) bond motifs is 1. The molecule has 2 heteroatoms. The van der Waals surface area contributed by atoms with E-state index in [0.29, 0.717) is 0 Å². The Balaban J connectivity index is 2.71. The summed E-state index contributed by atoms with van der Waals surface area (Å²) >= 11 is 3.37. The van der Waals surface area contributed by atoms with Crippen LogP contribution in [0.1, 0.15) is 11.1 Å². The van der Waals surface area contributed by atoms with E-state index in [1.54, 1.807) is 6.07 Å². The smallest absolute Gasteiger partial charge is 0.130 e. The Morgan fingerprint density at radius 1 is 1.36 bits per heavy atom. The van der Waals surface area contributed by atoms with E-state index in [4.69, 9.17) is 0 Å². The Labute approximate surface area is 72.9 Å². The Bertz CT molecular complexity index is 329. The van der Waals surface area contributed by atoms with Crippen LogP contribution in [0.5, 0.6) is 0 Å². The second kappa shape index (κ2) is 2.45. The van der Waals surface area contributed by atoms with Gasteiger partial charge in [0.1, 0.15) is 5.82 Å². The molecule has 0 amide bonds. The van der Waals surface area contributed by atoms with E-state index in [-0.39, 0.29) is 5.82 Å². The lowest BCUT2D eigenvalue weighted by Crippen LogP contribution is -1.87. The highest BCUT2D eigenvalue weighted by atomic mass is 79.9. The van der Waals surface area contributed by atoms with Gasteiger partial charge in [-0.15, -0.1) is 0 Å². The van der Waals surface area contributed by atoms with Gasteiger partial charge >= 0.3 is 0 Å². The van der Waals surface area contributed by atoms with Crippen molar-refractivity contribution in [3.63, 3.8) is 0 Å². The fraction of sp³-hybridized carbons (Fsp3) is 0.111. The first-order valence-corrected chi connectivity index (χ1v) is 4.22. The Hall–Kier alpha value is -0.630. The van der Waals surface area contributed by atoms with E-state index in [2.05, 4.69) is 15.9 Å². The topological polar surface area (TPSA) is 0 Å². The molecule has 0 radical (unpaired) electrons. The second-order valence-corrected chi connectivity index (χ2v) is 3.38. The molecular formula is C9H6BrF. The zero-order valence-corrected chi connectivity index (χ0v) is 7.36. The fourth-order valence-corrected chi connectivity index (χ4v) is 1.80. The predicted octanol–water partition coefficient (Wildman–Crippen LogP) is 3.16. The average molecular weight is 213 g/mol. The molecule has 0 unspecified atom stereocenters. The lowest BCUT2D eigenvalue weighted by molar-refractivity contribution is 0.623. The summed E-state index contributed by atoms with van der Waals surface area (Å²) < 4.78 is 14.0. The summed E-state index contributed by atoms with van der Waals surface area (Å²) in [5.41, 5.74) is 1.80. The van der Waals surface area contributed by atoms with Crippen molar-refractivity contribution >= 4 is 22.0 Å². The second-order valence-electron chi connectivity index (χ2n) is 2.53. The molecule has 1 aromatic rings. The van der Waals surface area contributed by atoms with Gasteiger partial charge in [-0.2, -0.15) is 0 Å². The molecule has 0 nitrogen and oxygen atoms in total. The Morgan fingerprint density at radius 2 is 2.18 bits per heavy atom. The molecule has 0 aliphatic heterocycles. The maximum Gasteiger partial charge on any atom is 0.130 e.